The van der Waals surface area contributed by atoms with Crippen molar-refractivity contribution in [3.63, 3.8) is 0 Å². The van der Waals surface area contributed by atoms with Gasteiger partial charge >= 0.3 is 0 Å². The van der Waals surface area contributed by atoms with Gasteiger partial charge in [-0.1, -0.05) is 72.8 Å². The standard InChI is InChI=1S/C38H37N5O5/c1-24-4-8-28(9-5-24)29-12-14-31(15-13-29)37(47)42-36(40)30-10-6-27(7-11-30)23-43(22-26(3)44)38(48)32-16-18-33(19-17-32)41-35(46)21-34(45)20-25(2)39/h4-20,39,44-45H,3,21-23H2,1-2H3,(H,41,46)(H2,40,42,47)/b34-20-,39-25?. The molecule has 0 aliphatic carbocycles. The second-order valence-corrected chi connectivity index (χ2v) is 11.3. The summed E-state index contributed by atoms with van der Waals surface area (Å²) in [7, 11) is 0. The molecule has 0 unspecified atom stereocenters. The highest BCUT2D eigenvalue weighted by Crippen LogP contribution is 2.21. The molecule has 0 spiro atoms. The molecule has 3 amide bonds. The number of nitrogens with zero attached hydrogens (tertiary/aromatic N) is 1. The Bertz CT molecular complexity index is 1860. The van der Waals surface area contributed by atoms with E-state index < -0.39 is 11.8 Å². The van der Waals surface area contributed by atoms with Gasteiger partial charge in [0.2, 0.25) is 5.91 Å². The molecular formula is C38H37N5O5. The van der Waals surface area contributed by atoms with Crippen LogP contribution in [0.25, 0.3) is 11.1 Å². The topological polar surface area (TPSA) is 167 Å². The average molecular weight is 644 g/mol. The summed E-state index contributed by atoms with van der Waals surface area (Å²) in [5.74, 6) is -1.78. The van der Waals surface area contributed by atoms with Gasteiger partial charge in [0.25, 0.3) is 11.8 Å². The van der Waals surface area contributed by atoms with Crippen molar-refractivity contribution in [3.8, 4) is 11.1 Å². The van der Waals surface area contributed by atoms with E-state index in [1.807, 2.05) is 43.3 Å². The molecule has 10 heteroatoms. The monoisotopic (exact) mass is 643 g/mol. The Morgan fingerprint density at radius 2 is 1.33 bits per heavy atom. The van der Waals surface area contributed by atoms with Crippen LogP contribution in [0.2, 0.25) is 0 Å². The van der Waals surface area contributed by atoms with E-state index in [1.165, 1.54) is 35.6 Å². The first-order chi connectivity index (χ1) is 22.9. The molecule has 0 saturated carbocycles. The average Bonchev–Trinajstić information content (AvgIpc) is 3.04. The van der Waals surface area contributed by atoms with Crippen molar-refractivity contribution < 1.29 is 24.6 Å². The minimum Gasteiger partial charge on any atom is -0.512 e. The zero-order valence-corrected chi connectivity index (χ0v) is 26.7. The van der Waals surface area contributed by atoms with Gasteiger partial charge in [0, 0.05) is 34.6 Å². The van der Waals surface area contributed by atoms with Gasteiger partial charge in [-0.15, -0.1) is 0 Å². The molecule has 4 aromatic rings. The maximum atomic E-state index is 13.4. The van der Waals surface area contributed by atoms with E-state index >= 15 is 0 Å². The molecule has 0 bridgehead atoms. The molecule has 0 atom stereocenters. The number of rotatable bonds is 12. The van der Waals surface area contributed by atoms with Gasteiger partial charge in [0.1, 0.15) is 17.4 Å². The van der Waals surface area contributed by atoms with Crippen LogP contribution in [0.15, 0.2) is 121 Å². The van der Waals surface area contributed by atoms with Crippen LogP contribution in [0.3, 0.4) is 0 Å². The van der Waals surface area contributed by atoms with Crippen molar-refractivity contribution in [3.05, 3.63) is 149 Å². The van der Waals surface area contributed by atoms with Gasteiger partial charge in [-0.2, -0.15) is 0 Å². The normalized spacial score (nSPS) is 10.9. The summed E-state index contributed by atoms with van der Waals surface area (Å²) in [6.45, 7) is 7.04. The number of hydrogen-bond donors (Lipinski definition) is 6. The first kappa shape index (κ1) is 34.6. The van der Waals surface area contributed by atoms with Crippen LogP contribution >= 0.6 is 0 Å². The number of hydrogen-bond acceptors (Lipinski definition) is 7. The molecule has 0 aliphatic heterocycles. The molecule has 4 rings (SSSR count). The molecule has 48 heavy (non-hydrogen) atoms. The Kier molecular flexibility index (Phi) is 11.4. The number of aliphatic hydroxyl groups excluding tert-OH is 2. The van der Waals surface area contributed by atoms with Gasteiger partial charge < -0.3 is 31.2 Å². The van der Waals surface area contributed by atoms with E-state index in [-0.39, 0.29) is 48.5 Å². The minimum atomic E-state index is -0.481. The van der Waals surface area contributed by atoms with Crippen LogP contribution in [0.1, 0.15) is 50.8 Å². The molecule has 0 heterocycles. The summed E-state index contributed by atoms with van der Waals surface area (Å²) in [5, 5.41) is 40.7. The molecule has 6 N–H and O–H groups in total. The summed E-state index contributed by atoms with van der Waals surface area (Å²) in [6, 6.07) is 28.2. The third-order valence-electron chi connectivity index (χ3n) is 7.19. The smallest absolute Gasteiger partial charge is 0.256 e. The number of allylic oxidation sites excluding steroid dienone is 1. The number of aryl methyl sites for hydroxylation is 1. The van der Waals surface area contributed by atoms with E-state index in [2.05, 4.69) is 17.2 Å². The molecule has 0 saturated heterocycles. The van der Waals surface area contributed by atoms with Crippen LogP contribution < -0.4 is 10.6 Å². The molecule has 0 fully saturated rings. The van der Waals surface area contributed by atoms with Crippen molar-refractivity contribution in [1.29, 1.82) is 10.8 Å². The zero-order chi connectivity index (χ0) is 34.8. The summed E-state index contributed by atoms with van der Waals surface area (Å²) in [5.41, 5.74) is 5.66. The Balaban J connectivity index is 1.36. The second kappa shape index (κ2) is 15.8. The molecule has 0 radical (unpaired) electrons. The van der Waals surface area contributed by atoms with E-state index in [0.717, 1.165) is 16.7 Å². The highest BCUT2D eigenvalue weighted by Gasteiger charge is 2.18. The predicted molar refractivity (Wildman–Crippen MR) is 188 cm³/mol. The summed E-state index contributed by atoms with van der Waals surface area (Å²) in [6.07, 6.45) is 0.894. The van der Waals surface area contributed by atoms with Gasteiger partial charge in [-0.05, 0) is 73.0 Å². The quantitative estimate of drug-likeness (QED) is 0.0558. The Morgan fingerprint density at radius 1 is 0.792 bits per heavy atom. The molecule has 10 nitrogen and oxygen atoms in total. The minimum absolute atomic E-state index is 0.0749. The third-order valence-corrected chi connectivity index (χ3v) is 7.19. The fourth-order valence-corrected chi connectivity index (χ4v) is 4.78. The maximum absolute atomic E-state index is 13.4. The van der Waals surface area contributed by atoms with Crippen molar-refractivity contribution in [1.82, 2.24) is 10.2 Å². The van der Waals surface area contributed by atoms with Crippen molar-refractivity contribution in [2.45, 2.75) is 26.8 Å². The van der Waals surface area contributed by atoms with Crippen LogP contribution in [0.5, 0.6) is 0 Å². The number of carbonyl (C=O) groups is 3. The highest BCUT2D eigenvalue weighted by molar-refractivity contribution is 6.11. The number of nitrogens with one attached hydrogen (secondary N) is 4. The van der Waals surface area contributed by atoms with Crippen molar-refractivity contribution >= 4 is 35.0 Å². The molecule has 0 aromatic heterocycles. The maximum Gasteiger partial charge on any atom is 0.256 e. The molecular weight excluding hydrogens is 606 g/mol. The lowest BCUT2D eigenvalue weighted by atomic mass is 10.0. The largest absolute Gasteiger partial charge is 0.512 e. The zero-order valence-electron chi connectivity index (χ0n) is 26.7. The Morgan fingerprint density at radius 3 is 1.90 bits per heavy atom. The second-order valence-electron chi connectivity index (χ2n) is 11.3. The van der Waals surface area contributed by atoms with Crippen LogP contribution in [0, 0.1) is 17.7 Å². The van der Waals surface area contributed by atoms with E-state index in [9.17, 15) is 24.6 Å². The number of amidine groups is 1. The fourth-order valence-electron chi connectivity index (χ4n) is 4.78. The Labute approximate surface area is 279 Å². The lowest BCUT2D eigenvalue weighted by Gasteiger charge is -2.23. The number of amides is 3. The first-order valence-corrected chi connectivity index (χ1v) is 15.0. The predicted octanol–water partition coefficient (Wildman–Crippen LogP) is 6.94. The SMILES string of the molecule is C=C(O)CN(Cc1ccc(C(=N)NC(=O)c2ccc(-c3ccc(C)cc3)cc2)cc1)C(=O)c1ccc(NC(=O)C/C(O)=C/C(C)=N)cc1. The first-order valence-electron chi connectivity index (χ1n) is 15.0. The fraction of sp³-hybridized carbons (Fsp3) is 0.132. The summed E-state index contributed by atoms with van der Waals surface area (Å²) >= 11 is 0. The van der Waals surface area contributed by atoms with Gasteiger partial charge in [-0.25, -0.2) is 0 Å². The van der Waals surface area contributed by atoms with Crippen LogP contribution in [-0.2, 0) is 11.3 Å². The third kappa shape index (κ3) is 9.85. The van der Waals surface area contributed by atoms with Gasteiger partial charge in [0.05, 0.1) is 13.0 Å². The Hall–Kier alpha value is -6.29. The van der Waals surface area contributed by atoms with Crippen molar-refractivity contribution in [2.24, 2.45) is 0 Å². The van der Waals surface area contributed by atoms with E-state index in [0.29, 0.717) is 22.4 Å². The molecule has 0 aliphatic rings. The van der Waals surface area contributed by atoms with E-state index in [1.54, 1.807) is 48.5 Å². The lowest BCUT2D eigenvalue weighted by molar-refractivity contribution is -0.116. The number of anilines is 1. The number of carbonyl (C=O) groups excluding carboxylic acids is 3. The van der Waals surface area contributed by atoms with Gasteiger partial charge in [-0.3, -0.25) is 19.8 Å². The summed E-state index contributed by atoms with van der Waals surface area (Å²) in [4.78, 5) is 39.8. The molecule has 4 aromatic carbocycles. The number of benzene rings is 4. The highest BCUT2D eigenvalue weighted by atomic mass is 16.3. The van der Waals surface area contributed by atoms with Crippen LogP contribution in [-0.4, -0.2) is 50.9 Å². The van der Waals surface area contributed by atoms with Gasteiger partial charge in [0.15, 0.2) is 0 Å². The lowest BCUT2D eigenvalue weighted by Crippen LogP contribution is -2.32. The summed E-state index contributed by atoms with van der Waals surface area (Å²) < 4.78 is 0. The van der Waals surface area contributed by atoms with Crippen LogP contribution in [0.4, 0.5) is 5.69 Å². The number of aliphatic hydroxyl groups is 2. The van der Waals surface area contributed by atoms with E-state index in [4.69, 9.17) is 10.8 Å². The molecule has 244 valence electrons. The van der Waals surface area contributed by atoms with Crippen molar-refractivity contribution in [2.75, 3.05) is 11.9 Å².